The van der Waals surface area contributed by atoms with Gasteiger partial charge in [-0.05, 0) is 37.5 Å². The Labute approximate surface area is 182 Å². The third-order valence-electron chi connectivity index (χ3n) is 4.59. The number of esters is 3. The first-order valence-electron chi connectivity index (χ1n) is 10.3. The molecule has 0 unspecified atom stereocenters. The lowest BCUT2D eigenvalue weighted by molar-refractivity contribution is -0.183. The second-order valence-corrected chi connectivity index (χ2v) is 6.73. The summed E-state index contributed by atoms with van der Waals surface area (Å²) in [5.41, 5.74) is 0.397. The zero-order valence-electron chi connectivity index (χ0n) is 18.1. The summed E-state index contributed by atoms with van der Waals surface area (Å²) < 4.78 is 15.2. The molecule has 0 aliphatic carbocycles. The molecular formula is C25H28O6. The van der Waals surface area contributed by atoms with Gasteiger partial charge in [0.25, 0.3) is 5.41 Å². The lowest BCUT2D eigenvalue weighted by atomic mass is 9.81. The fourth-order valence-corrected chi connectivity index (χ4v) is 3.04. The quantitative estimate of drug-likeness (QED) is 0.248. The number of hydrogen-bond acceptors (Lipinski definition) is 6. The standard InChI is InChI=1S/C25H28O6/c1-4-29-22(26)25(23(27)30-5-2,24(28)31-6-3)18-21-16-14-20(15-17-21)13-12-19-10-8-7-9-11-19/h7-17H,4-6,18H2,1-3H3/b13-12+. The molecule has 0 spiro atoms. The van der Waals surface area contributed by atoms with Crippen LogP contribution in [0.25, 0.3) is 12.2 Å². The number of benzene rings is 2. The van der Waals surface area contributed by atoms with E-state index >= 15 is 0 Å². The third kappa shape index (κ3) is 6.04. The van der Waals surface area contributed by atoms with Gasteiger partial charge in [-0.15, -0.1) is 0 Å². The summed E-state index contributed by atoms with van der Waals surface area (Å²) in [5, 5.41) is 0. The summed E-state index contributed by atoms with van der Waals surface area (Å²) in [6.45, 7) is 4.86. The van der Waals surface area contributed by atoms with Crippen LogP contribution in [-0.4, -0.2) is 37.7 Å². The van der Waals surface area contributed by atoms with E-state index in [1.54, 1.807) is 32.9 Å². The molecule has 0 aromatic heterocycles. The van der Waals surface area contributed by atoms with Gasteiger partial charge in [-0.2, -0.15) is 0 Å². The van der Waals surface area contributed by atoms with Gasteiger partial charge in [-0.25, -0.2) is 0 Å². The Hall–Kier alpha value is -3.41. The molecular weight excluding hydrogens is 396 g/mol. The molecule has 2 aromatic carbocycles. The largest absolute Gasteiger partial charge is 0.465 e. The van der Waals surface area contributed by atoms with Crippen LogP contribution in [-0.2, 0) is 35.0 Å². The summed E-state index contributed by atoms with van der Waals surface area (Å²) in [6, 6.07) is 17.1. The second kappa shape index (κ2) is 11.7. The van der Waals surface area contributed by atoms with E-state index in [9.17, 15) is 14.4 Å². The fourth-order valence-electron chi connectivity index (χ4n) is 3.04. The monoisotopic (exact) mass is 424 g/mol. The SMILES string of the molecule is CCOC(=O)C(Cc1ccc(/C=C/c2ccccc2)cc1)(C(=O)OCC)C(=O)OCC. The topological polar surface area (TPSA) is 78.9 Å². The number of carbonyl (C=O) groups excluding carboxylic acids is 3. The molecule has 6 heteroatoms. The normalized spacial score (nSPS) is 11.2. The predicted molar refractivity (Wildman–Crippen MR) is 118 cm³/mol. The van der Waals surface area contributed by atoms with Gasteiger partial charge < -0.3 is 14.2 Å². The van der Waals surface area contributed by atoms with E-state index in [0.717, 1.165) is 11.1 Å². The Morgan fingerprint density at radius 1 is 0.677 bits per heavy atom. The molecule has 2 aromatic rings. The van der Waals surface area contributed by atoms with Crippen LogP contribution in [0, 0.1) is 5.41 Å². The minimum atomic E-state index is -2.20. The van der Waals surface area contributed by atoms with Crippen molar-refractivity contribution in [2.75, 3.05) is 19.8 Å². The minimum absolute atomic E-state index is 0.0165. The molecule has 6 nitrogen and oxygen atoms in total. The van der Waals surface area contributed by atoms with Gasteiger partial charge in [0, 0.05) is 6.42 Å². The van der Waals surface area contributed by atoms with E-state index in [4.69, 9.17) is 14.2 Å². The van der Waals surface area contributed by atoms with Crippen molar-refractivity contribution in [3.8, 4) is 0 Å². The molecule has 0 fully saturated rings. The van der Waals surface area contributed by atoms with Crippen molar-refractivity contribution < 1.29 is 28.6 Å². The van der Waals surface area contributed by atoms with Crippen LogP contribution in [0.5, 0.6) is 0 Å². The van der Waals surface area contributed by atoms with Crippen molar-refractivity contribution in [1.29, 1.82) is 0 Å². The van der Waals surface area contributed by atoms with Crippen LogP contribution in [0.4, 0.5) is 0 Å². The van der Waals surface area contributed by atoms with Gasteiger partial charge in [-0.3, -0.25) is 14.4 Å². The molecule has 0 heterocycles. The Morgan fingerprint density at radius 2 is 1.10 bits per heavy atom. The van der Waals surface area contributed by atoms with Gasteiger partial charge in [0.05, 0.1) is 19.8 Å². The van der Waals surface area contributed by atoms with Crippen LogP contribution < -0.4 is 0 Å². The lowest BCUT2D eigenvalue weighted by Crippen LogP contribution is -2.51. The van der Waals surface area contributed by atoms with Gasteiger partial charge in [0.2, 0.25) is 0 Å². The van der Waals surface area contributed by atoms with Crippen molar-refractivity contribution >= 4 is 30.1 Å². The van der Waals surface area contributed by atoms with Crippen LogP contribution in [0.1, 0.15) is 37.5 Å². The van der Waals surface area contributed by atoms with Crippen LogP contribution in [0.2, 0.25) is 0 Å². The molecule has 0 saturated carbocycles. The lowest BCUT2D eigenvalue weighted by Gasteiger charge is -2.27. The van der Waals surface area contributed by atoms with Crippen LogP contribution in [0.15, 0.2) is 54.6 Å². The Balaban J connectivity index is 2.34. The maximum Gasteiger partial charge on any atom is 0.335 e. The number of carbonyl (C=O) groups is 3. The molecule has 0 atom stereocenters. The van der Waals surface area contributed by atoms with E-state index in [1.165, 1.54) is 0 Å². The Bertz CT molecular complexity index is 854. The van der Waals surface area contributed by atoms with Gasteiger partial charge >= 0.3 is 17.9 Å². The van der Waals surface area contributed by atoms with Crippen molar-refractivity contribution in [2.45, 2.75) is 27.2 Å². The first-order chi connectivity index (χ1) is 15.0. The number of ether oxygens (including phenoxy) is 3. The Morgan fingerprint density at radius 3 is 1.52 bits per heavy atom. The zero-order chi connectivity index (χ0) is 22.7. The average molecular weight is 424 g/mol. The molecule has 0 aliphatic rings. The van der Waals surface area contributed by atoms with E-state index < -0.39 is 23.3 Å². The van der Waals surface area contributed by atoms with E-state index in [-0.39, 0.29) is 26.2 Å². The van der Waals surface area contributed by atoms with E-state index in [0.29, 0.717) is 5.56 Å². The highest BCUT2D eigenvalue weighted by Crippen LogP contribution is 2.30. The molecule has 2 rings (SSSR count). The summed E-state index contributed by atoms with van der Waals surface area (Å²) >= 11 is 0. The molecule has 0 radical (unpaired) electrons. The smallest absolute Gasteiger partial charge is 0.335 e. The van der Waals surface area contributed by atoms with Gasteiger partial charge in [-0.1, -0.05) is 66.7 Å². The maximum absolute atomic E-state index is 12.8. The Kier molecular flexibility index (Phi) is 9.00. The first kappa shape index (κ1) is 23.9. The van der Waals surface area contributed by atoms with E-state index in [1.807, 2.05) is 54.6 Å². The van der Waals surface area contributed by atoms with Gasteiger partial charge in [0.1, 0.15) is 0 Å². The minimum Gasteiger partial charge on any atom is -0.465 e. The second-order valence-electron chi connectivity index (χ2n) is 6.73. The average Bonchev–Trinajstić information content (AvgIpc) is 2.78. The number of hydrogen-bond donors (Lipinski definition) is 0. The van der Waals surface area contributed by atoms with Gasteiger partial charge in [0.15, 0.2) is 0 Å². The van der Waals surface area contributed by atoms with Crippen LogP contribution >= 0.6 is 0 Å². The number of rotatable bonds is 10. The molecule has 0 N–H and O–H groups in total. The van der Waals surface area contributed by atoms with E-state index in [2.05, 4.69) is 0 Å². The first-order valence-corrected chi connectivity index (χ1v) is 10.3. The highest BCUT2D eigenvalue weighted by atomic mass is 16.6. The molecule has 31 heavy (non-hydrogen) atoms. The van der Waals surface area contributed by atoms with Crippen molar-refractivity contribution in [2.24, 2.45) is 5.41 Å². The highest BCUT2D eigenvalue weighted by molar-refractivity contribution is 6.18. The third-order valence-corrected chi connectivity index (χ3v) is 4.59. The van der Waals surface area contributed by atoms with Crippen LogP contribution in [0.3, 0.4) is 0 Å². The molecule has 0 saturated heterocycles. The zero-order valence-corrected chi connectivity index (χ0v) is 18.1. The summed E-state index contributed by atoms with van der Waals surface area (Å²) in [6.07, 6.45) is 3.72. The summed E-state index contributed by atoms with van der Waals surface area (Å²) in [5.74, 6) is -2.92. The van der Waals surface area contributed by atoms with Crippen molar-refractivity contribution in [3.63, 3.8) is 0 Å². The summed E-state index contributed by atoms with van der Waals surface area (Å²) in [4.78, 5) is 38.4. The molecule has 164 valence electrons. The predicted octanol–water partition coefficient (Wildman–Crippen LogP) is 4.08. The molecule has 0 amide bonds. The van der Waals surface area contributed by atoms with Crippen molar-refractivity contribution in [3.05, 3.63) is 71.3 Å². The summed E-state index contributed by atoms with van der Waals surface area (Å²) in [7, 11) is 0. The fraction of sp³-hybridized carbons (Fsp3) is 0.320. The molecule has 0 aliphatic heterocycles. The van der Waals surface area contributed by atoms with Crippen molar-refractivity contribution in [1.82, 2.24) is 0 Å². The molecule has 0 bridgehead atoms. The highest BCUT2D eigenvalue weighted by Gasteiger charge is 2.57. The maximum atomic E-state index is 12.8.